The van der Waals surface area contributed by atoms with E-state index in [1.807, 2.05) is 30.6 Å². The molecule has 36 heavy (non-hydrogen) atoms. The number of likely N-dealkylation sites (tertiary alicyclic amines) is 1. The normalized spacial score (nSPS) is 16.0. The van der Waals surface area contributed by atoms with Crippen molar-refractivity contribution in [3.63, 3.8) is 0 Å². The van der Waals surface area contributed by atoms with Crippen molar-refractivity contribution in [2.24, 2.45) is 0 Å². The summed E-state index contributed by atoms with van der Waals surface area (Å²) >= 11 is 0. The molecule has 4 aromatic rings. The van der Waals surface area contributed by atoms with Gasteiger partial charge in [0.05, 0.1) is 11.4 Å². The molecule has 1 N–H and O–H groups in total. The lowest BCUT2D eigenvalue weighted by molar-refractivity contribution is 0.172. The summed E-state index contributed by atoms with van der Waals surface area (Å²) in [5.74, 6) is 0. The number of nitrogens with one attached hydrogen (secondary N) is 1. The summed E-state index contributed by atoms with van der Waals surface area (Å²) in [7, 11) is 0. The van der Waals surface area contributed by atoms with E-state index in [0.717, 1.165) is 57.2 Å². The Morgan fingerprint density at radius 3 is 2.22 bits per heavy atom. The highest BCUT2D eigenvalue weighted by Crippen LogP contribution is 2.22. The molecular weight excluding hydrogens is 442 g/mol. The van der Waals surface area contributed by atoms with Gasteiger partial charge in [-0.15, -0.1) is 0 Å². The molecule has 5 nitrogen and oxygen atoms in total. The summed E-state index contributed by atoms with van der Waals surface area (Å²) in [5, 5.41) is 3.53. The fourth-order valence-corrected chi connectivity index (χ4v) is 5.02. The molecule has 0 radical (unpaired) electrons. The molecule has 1 atom stereocenters. The van der Waals surface area contributed by atoms with Crippen molar-refractivity contribution in [2.45, 2.75) is 45.2 Å². The van der Waals surface area contributed by atoms with Crippen LogP contribution in [-0.2, 0) is 32.7 Å². The molecule has 0 aliphatic carbocycles. The maximum absolute atomic E-state index is 4.63. The average Bonchev–Trinajstić information content (AvgIpc) is 3.39. The summed E-state index contributed by atoms with van der Waals surface area (Å²) < 4.78 is 0. The molecule has 2 aromatic carbocycles. The number of nitrogens with zero attached hydrogens (tertiary/aromatic N) is 4. The SMILES string of the molecule is c1ccc(CN2CCC(N(Cc3cccc(CNCc4ccccn4)c3)Cc3ccccn3)C2)cc1. The van der Waals surface area contributed by atoms with Gasteiger partial charge in [-0.05, 0) is 47.4 Å². The van der Waals surface area contributed by atoms with E-state index in [1.165, 1.54) is 23.1 Å². The summed E-state index contributed by atoms with van der Waals surface area (Å²) in [6, 6.07) is 32.6. The molecule has 2 aromatic heterocycles. The fourth-order valence-electron chi connectivity index (χ4n) is 5.02. The first-order valence-corrected chi connectivity index (χ1v) is 12.9. The van der Waals surface area contributed by atoms with Gasteiger partial charge in [-0.3, -0.25) is 19.8 Å². The molecule has 1 fully saturated rings. The Hall–Kier alpha value is -3.38. The van der Waals surface area contributed by atoms with Gasteiger partial charge in [-0.2, -0.15) is 0 Å². The number of hydrogen-bond acceptors (Lipinski definition) is 5. The number of pyridine rings is 2. The minimum Gasteiger partial charge on any atom is -0.307 e. The van der Waals surface area contributed by atoms with E-state index < -0.39 is 0 Å². The maximum atomic E-state index is 4.63. The van der Waals surface area contributed by atoms with Crippen LogP contribution in [0.25, 0.3) is 0 Å². The van der Waals surface area contributed by atoms with Crippen molar-refractivity contribution in [1.29, 1.82) is 0 Å². The Balaban J connectivity index is 1.23. The monoisotopic (exact) mass is 477 g/mol. The maximum Gasteiger partial charge on any atom is 0.0544 e. The second kappa shape index (κ2) is 12.5. The molecule has 1 aliphatic heterocycles. The Morgan fingerprint density at radius 2 is 1.44 bits per heavy atom. The highest BCUT2D eigenvalue weighted by Gasteiger charge is 2.28. The second-order valence-corrected chi connectivity index (χ2v) is 9.63. The minimum atomic E-state index is 0.515. The van der Waals surface area contributed by atoms with Gasteiger partial charge >= 0.3 is 0 Å². The smallest absolute Gasteiger partial charge is 0.0544 e. The van der Waals surface area contributed by atoms with E-state index in [1.54, 1.807) is 0 Å². The van der Waals surface area contributed by atoms with Gasteiger partial charge < -0.3 is 5.32 Å². The third-order valence-corrected chi connectivity index (χ3v) is 6.84. The summed E-state index contributed by atoms with van der Waals surface area (Å²) in [4.78, 5) is 14.2. The van der Waals surface area contributed by atoms with Gasteiger partial charge in [0.25, 0.3) is 0 Å². The van der Waals surface area contributed by atoms with E-state index in [0.29, 0.717) is 6.04 Å². The summed E-state index contributed by atoms with van der Waals surface area (Å²) in [6.07, 6.45) is 4.93. The molecule has 0 amide bonds. The zero-order chi connectivity index (χ0) is 24.4. The highest BCUT2D eigenvalue weighted by atomic mass is 15.3. The van der Waals surface area contributed by atoms with E-state index in [-0.39, 0.29) is 0 Å². The van der Waals surface area contributed by atoms with E-state index in [9.17, 15) is 0 Å². The molecule has 0 saturated carbocycles. The molecule has 5 rings (SSSR count). The largest absolute Gasteiger partial charge is 0.307 e. The van der Waals surface area contributed by atoms with Crippen LogP contribution in [0.5, 0.6) is 0 Å². The van der Waals surface area contributed by atoms with Gasteiger partial charge in [-0.1, -0.05) is 66.7 Å². The molecule has 3 heterocycles. The van der Waals surface area contributed by atoms with Crippen molar-refractivity contribution in [3.05, 3.63) is 131 Å². The molecule has 0 bridgehead atoms. The molecule has 1 aliphatic rings. The van der Waals surface area contributed by atoms with Gasteiger partial charge in [0.1, 0.15) is 0 Å². The lowest BCUT2D eigenvalue weighted by Gasteiger charge is -2.29. The zero-order valence-corrected chi connectivity index (χ0v) is 20.8. The van der Waals surface area contributed by atoms with Crippen molar-refractivity contribution in [3.8, 4) is 0 Å². The van der Waals surface area contributed by atoms with E-state index in [2.05, 4.69) is 97.9 Å². The highest BCUT2D eigenvalue weighted by molar-refractivity contribution is 5.24. The van der Waals surface area contributed by atoms with Crippen LogP contribution in [0.3, 0.4) is 0 Å². The van der Waals surface area contributed by atoms with Crippen molar-refractivity contribution in [1.82, 2.24) is 25.1 Å². The minimum absolute atomic E-state index is 0.515. The van der Waals surface area contributed by atoms with Crippen LogP contribution < -0.4 is 5.32 Å². The summed E-state index contributed by atoms with van der Waals surface area (Å²) in [6.45, 7) is 6.64. The number of hydrogen-bond donors (Lipinski definition) is 1. The third kappa shape index (κ3) is 7.08. The molecule has 184 valence electrons. The topological polar surface area (TPSA) is 44.3 Å². The lowest BCUT2D eigenvalue weighted by Crippen LogP contribution is -2.37. The molecule has 5 heteroatoms. The molecule has 0 spiro atoms. The van der Waals surface area contributed by atoms with Crippen molar-refractivity contribution in [2.75, 3.05) is 13.1 Å². The quantitative estimate of drug-likeness (QED) is 0.328. The van der Waals surface area contributed by atoms with Gasteiger partial charge in [-0.25, -0.2) is 0 Å². The third-order valence-electron chi connectivity index (χ3n) is 6.84. The van der Waals surface area contributed by atoms with Crippen LogP contribution in [0, 0.1) is 0 Å². The first-order valence-electron chi connectivity index (χ1n) is 12.9. The Bertz CT molecular complexity index is 1180. The molecule has 1 saturated heterocycles. The predicted molar refractivity (Wildman–Crippen MR) is 145 cm³/mol. The number of rotatable bonds is 11. The van der Waals surface area contributed by atoms with Crippen LogP contribution in [-0.4, -0.2) is 38.9 Å². The molecular formula is C31H35N5. The Kier molecular flexibility index (Phi) is 8.47. The first-order chi connectivity index (χ1) is 17.8. The van der Waals surface area contributed by atoms with Gasteiger partial charge in [0.2, 0.25) is 0 Å². The van der Waals surface area contributed by atoms with E-state index in [4.69, 9.17) is 0 Å². The summed E-state index contributed by atoms with van der Waals surface area (Å²) in [5.41, 5.74) is 6.24. The number of aromatic nitrogens is 2. The van der Waals surface area contributed by atoms with Crippen LogP contribution >= 0.6 is 0 Å². The fraction of sp³-hybridized carbons (Fsp3) is 0.290. The van der Waals surface area contributed by atoms with Gasteiger partial charge in [0, 0.05) is 64.2 Å². The second-order valence-electron chi connectivity index (χ2n) is 9.63. The van der Waals surface area contributed by atoms with Crippen molar-refractivity contribution >= 4 is 0 Å². The van der Waals surface area contributed by atoms with Crippen LogP contribution in [0.15, 0.2) is 103 Å². The molecule has 1 unspecified atom stereocenters. The standard InChI is InChI=1S/C31H35N5/c1-2-9-26(10-3-1)22-35-18-15-31(25-35)36(24-30-14-5-7-17-34-30)23-28-12-8-11-27(19-28)20-32-21-29-13-4-6-16-33-29/h1-14,16-17,19,31-32H,15,18,20-25H2. The Morgan fingerprint density at radius 1 is 0.722 bits per heavy atom. The van der Waals surface area contributed by atoms with Crippen LogP contribution in [0.4, 0.5) is 0 Å². The van der Waals surface area contributed by atoms with Crippen molar-refractivity contribution < 1.29 is 0 Å². The number of benzene rings is 2. The van der Waals surface area contributed by atoms with E-state index >= 15 is 0 Å². The zero-order valence-electron chi connectivity index (χ0n) is 20.8. The first kappa shape index (κ1) is 24.3. The predicted octanol–water partition coefficient (Wildman–Crippen LogP) is 5.04. The van der Waals surface area contributed by atoms with Gasteiger partial charge in [0.15, 0.2) is 0 Å². The average molecular weight is 478 g/mol. The van der Waals surface area contributed by atoms with Crippen LogP contribution in [0.1, 0.15) is 34.5 Å². The Labute approximate surface area is 214 Å². The van der Waals surface area contributed by atoms with Crippen LogP contribution in [0.2, 0.25) is 0 Å². The lowest BCUT2D eigenvalue weighted by atomic mass is 10.1.